The van der Waals surface area contributed by atoms with E-state index in [9.17, 15) is 4.79 Å². The summed E-state index contributed by atoms with van der Waals surface area (Å²) in [7, 11) is 0. The molecule has 1 heteroatoms. The summed E-state index contributed by atoms with van der Waals surface area (Å²) in [6, 6.07) is 8.66. The number of benzene rings is 1. The molecular weight excluding hydrogens is 232 g/mol. The molecule has 0 aliphatic carbocycles. The highest BCUT2D eigenvalue weighted by Crippen LogP contribution is 2.35. The predicted octanol–water partition coefficient (Wildman–Crippen LogP) is 4.83. The lowest BCUT2D eigenvalue weighted by atomic mass is 9.73. The van der Waals surface area contributed by atoms with Crippen molar-refractivity contribution in [2.24, 2.45) is 5.92 Å². The summed E-state index contributed by atoms with van der Waals surface area (Å²) in [5.41, 5.74) is 3.97. The van der Waals surface area contributed by atoms with E-state index in [4.69, 9.17) is 0 Å². The van der Waals surface area contributed by atoms with Crippen LogP contribution in [0.2, 0.25) is 0 Å². The van der Waals surface area contributed by atoms with Gasteiger partial charge in [0, 0.05) is 5.92 Å². The number of carbonyl (C=O) groups is 1. The van der Waals surface area contributed by atoms with Gasteiger partial charge in [-0.1, -0.05) is 55.3 Å². The Bertz CT molecular complexity index is 455. The van der Waals surface area contributed by atoms with Crippen LogP contribution in [0.4, 0.5) is 0 Å². The molecule has 0 heterocycles. The molecule has 2 unspecified atom stereocenters. The highest BCUT2D eigenvalue weighted by atomic mass is 16.1. The number of allylic oxidation sites excluding steroid dienone is 2. The molecule has 0 fully saturated rings. The fourth-order valence-corrected chi connectivity index (χ4v) is 2.53. The predicted molar refractivity (Wildman–Crippen MR) is 82.4 cm³/mol. The van der Waals surface area contributed by atoms with Crippen molar-refractivity contribution in [1.29, 1.82) is 0 Å². The summed E-state index contributed by atoms with van der Waals surface area (Å²) < 4.78 is 0. The Balaban J connectivity index is 3.10. The van der Waals surface area contributed by atoms with Crippen LogP contribution in [0.15, 0.2) is 35.9 Å². The molecule has 0 aromatic heterocycles. The molecule has 1 aromatic carbocycles. The lowest BCUT2D eigenvalue weighted by Gasteiger charge is -2.31. The highest BCUT2D eigenvalue weighted by molar-refractivity contribution is 5.53. The van der Waals surface area contributed by atoms with Crippen LogP contribution in [0.3, 0.4) is 0 Å². The van der Waals surface area contributed by atoms with E-state index < -0.39 is 0 Å². The van der Waals surface area contributed by atoms with Gasteiger partial charge in [0.05, 0.1) is 0 Å². The first-order chi connectivity index (χ1) is 8.87. The quantitative estimate of drug-likeness (QED) is 0.527. The second kappa shape index (κ2) is 6.70. The fraction of sp³-hybridized carbons (Fsp3) is 0.500. The fourth-order valence-electron chi connectivity index (χ4n) is 2.53. The third kappa shape index (κ3) is 4.66. The first kappa shape index (κ1) is 15.7. The summed E-state index contributed by atoms with van der Waals surface area (Å²) in [5, 5.41) is 0. The van der Waals surface area contributed by atoms with Crippen molar-refractivity contribution < 1.29 is 4.79 Å². The van der Waals surface area contributed by atoms with Crippen LogP contribution in [0.5, 0.6) is 0 Å². The van der Waals surface area contributed by atoms with Crippen LogP contribution in [-0.4, -0.2) is 6.29 Å². The minimum Gasteiger partial charge on any atom is -0.303 e. The molecule has 19 heavy (non-hydrogen) atoms. The molecule has 0 spiro atoms. The third-order valence-electron chi connectivity index (χ3n) is 3.68. The zero-order valence-corrected chi connectivity index (χ0v) is 12.9. The number of carbonyl (C=O) groups excluding carboxylic acids is 1. The summed E-state index contributed by atoms with van der Waals surface area (Å²) in [6.45, 7) is 10.6. The van der Waals surface area contributed by atoms with Crippen molar-refractivity contribution in [1.82, 2.24) is 0 Å². The van der Waals surface area contributed by atoms with Gasteiger partial charge in [-0.05, 0) is 44.6 Å². The Morgan fingerprint density at radius 2 is 2.05 bits per heavy atom. The molecule has 1 aromatic rings. The minimum atomic E-state index is 0.0314. The van der Waals surface area contributed by atoms with Crippen molar-refractivity contribution in [2.75, 3.05) is 0 Å². The lowest BCUT2D eigenvalue weighted by molar-refractivity contribution is -0.111. The van der Waals surface area contributed by atoms with Crippen molar-refractivity contribution in [3.8, 4) is 0 Å². The standard InChI is InChI=1S/C18H26O/c1-14(2)9-10-18(5,12-16(4)13-19)17-8-6-7-15(3)11-17/h6-9,11,13,16H,10,12H2,1-5H3. The van der Waals surface area contributed by atoms with E-state index in [0.29, 0.717) is 0 Å². The lowest BCUT2D eigenvalue weighted by Crippen LogP contribution is -2.25. The van der Waals surface area contributed by atoms with Gasteiger partial charge in [-0.2, -0.15) is 0 Å². The Labute approximate surface area is 117 Å². The summed E-state index contributed by atoms with van der Waals surface area (Å²) in [6.07, 6.45) is 5.22. The minimum absolute atomic E-state index is 0.0314. The van der Waals surface area contributed by atoms with Gasteiger partial charge in [0.15, 0.2) is 0 Å². The molecule has 0 radical (unpaired) electrons. The molecule has 0 aliphatic heterocycles. The van der Waals surface area contributed by atoms with Gasteiger partial charge in [-0.25, -0.2) is 0 Å². The van der Waals surface area contributed by atoms with E-state index in [1.54, 1.807) is 0 Å². The van der Waals surface area contributed by atoms with Crippen LogP contribution in [0.1, 0.15) is 51.7 Å². The van der Waals surface area contributed by atoms with Gasteiger partial charge in [0.2, 0.25) is 0 Å². The first-order valence-corrected chi connectivity index (χ1v) is 7.03. The molecule has 0 bridgehead atoms. The summed E-state index contributed by atoms with van der Waals surface area (Å²) >= 11 is 0. The van der Waals surface area contributed by atoms with Gasteiger partial charge in [-0.3, -0.25) is 0 Å². The van der Waals surface area contributed by atoms with Crippen LogP contribution in [0.25, 0.3) is 0 Å². The zero-order valence-electron chi connectivity index (χ0n) is 12.9. The van der Waals surface area contributed by atoms with E-state index in [1.165, 1.54) is 16.7 Å². The first-order valence-electron chi connectivity index (χ1n) is 7.03. The van der Waals surface area contributed by atoms with Gasteiger partial charge in [0.1, 0.15) is 6.29 Å². The van der Waals surface area contributed by atoms with Crippen LogP contribution in [-0.2, 0) is 10.2 Å². The van der Waals surface area contributed by atoms with E-state index >= 15 is 0 Å². The van der Waals surface area contributed by atoms with E-state index in [0.717, 1.165) is 19.1 Å². The number of rotatable bonds is 6. The van der Waals surface area contributed by atoms with Crippen molar-refractivity contribution >= 4 is 6.29 Å². The Hall–Kier alpha value is -1.37. The monoisotopic (exact) mass is 258 g/mol. The van der Waals surface area contributed by atoms with Crippen molar-refractivity contribution in [3.05, 3.63) is 47.0 Å². The maximum atomic E-state index is 11.0. The molecule has 1 rings (SSSR count). The summed E-state index contributed by atoms with van der Waals surface area (Å²) in [5.74, 6) is 0.0936. The maximum Gasteiger partial charge on any atom is 0.122 e. The normalized spacial score (nSPS) is 15.4. The Morgan fingerprint density at radius 3 is 2.58 bits per heavy atom. The molecule has 0 N–H and O–H groups in total. The topological polar surface area (TPSA) is 17.1 Å². The largest absolute Gasteiger partial charge is 0.303 e. The number of aldehydes is 1. The zero-order chi connectivity index (χ0) is 14.5. The van der Waals surface area contributed by atoms with E-state index in [2.05, 4.69) is 58.0 Å². The van der Waals surface area contributed by atoms with Gasteiger partial charge >= 0.3 is 0 Å². The summed E-state index contributed by atoms with van der Waals surface area (Å²) in [4.78, 5) is 11.0. The average molecular weight is 258 g/mol. The van der Waals surface area contributed by atoms with Crippen LogP contribution >= 0.6 is 0 Å². The molecule has 0 aliphatic rings. The Morgan fingerprint density at radius 1 is 1.37 bits per heavy atom. The molecule has 0 saturated heterocycles. The van der Waals surface area contributed by atoms with Gasteiger partial charge in [-0.15, -0.1) is 0 Å². The highest BCUT2D eigenvalue weighted by Gasteiger charge is 2.27. The van der Waals surface area contributed by atoms with Crippen LogP contribution < -0.4 is 0 Å². The third-order valence-corrected chi connectivity index (χ3v) is 3.68. The van der Waals surface area contributed by atoms with Gasteiger partial charge < -0.3 is 4.79 Å². The molecule has 1 nitrogen and oxygen atoms in total. The average Bonchev–Trinajstić information content (AvgIpc) is 2.36. The van der Waals surface area contributed by atoms with Crippen molar-refractivity contribution in [3.63, 3.8) is 0 Å². The molecule has 0 saturated carbocycles. The molecule has 2 atom stereocenters. The van der Waals surface area contributed by atoms with E-state index in [-0.39, 0.29) is 11.3 Å². The second-order valence-electron chi connectivity index (χ2n) is 6.23. The number of hydrogen-bond acceptors (Lipinski definition) is 1. The van der Waals surface area contributed by atoms with Gasteiger partial charge in [0.25, 0.3) is 0 Å². The Kier molecular flexibility index (Phi) is 5.53. The van der Waals surface area contributed by atoms with E-state index in [1.807, 2.05) is 6.92 Å². The molecule has 0 amide bonds. The van der Waals surface area contributed by atoms with Crippen LogP contribution in [0, 0.1) is 12.8 Å². The molecular formula is C18H26O. The smallest absolute Gasteiger partial charge is 0.122 e. The number of hydrogen-bond donors (Lipinski definition) is 0. The SMILES string of the molecule is CC(C)=CCC(C)(CC(C)C=O)c1cccc(C)c1. The number of aryl methyl sites for hydroxylation is 1. The maximum absolute atomic E-state index is 11.0. The molecule has 104 valence electrons. The second-order valence-corrected chi connectivity index (χ2v) is 6.23. The van der Waals surface area contributed by atoms with Crippen molar-refractivity contribution in [2.45, 2.75) is 52.9 Å².